The number of nitrogens with one attached hydrogen (secondary N) is 1. The van der Waals surface area contributed by atoms with Gasteiger partial charge >= 0.3 is 0 Å². The lowest BCUT2D eigenvalue weighted by molar-refractivity contribution is -0.122. The van der Waals surface area contributed by atoms with Gasteiger partial charge in [0.15, 0.2) is 10.4 Å². The summed E-state index contributed by atoms with van der Waals surface area (Å²) in [6.45, 7) is 10.00. The largest absolute Gasteiger partial charge is 0.481 e. The Hall–Kier alpha value is -1.60. The molecule has 2 rings (SSSR count). The Kier molecular flexibility index (Phi) is 6.62. The number of aromatic nitrogens is 2. The molecule has 1 N–H and O–H groups in total. The van der Waals surface area contributed by atoms with Gasteiger partial charge in [0.05, 0.1) is 0 Å². The second-order valence-corrected chi connectivity index (χ2v) is 8.34. The van der Waals surface area contributed by atoms with Crippen LogP contribution in [0.4, 0.5) is 5.13 Å². The van der Waals surface area contributed by atoms with E-state index in [-0.39, 0.29) is 5.91 Å². The van der Waals surface area contributed by atoms with E-state index < -0.39 is 6.10 Å². The van der Waals surface area contributed by atoms with E-state index >= 15 is 0 Å². The van der Waals surface area contributed by atoms with Crippen molar-refractivity contribution in [2.75, 3.05) is 11.1 Å². The number of aryl methyl sites for hydroxylation is 2. The van der Waals surface area contributed by atoms with Gasteiger partial charge in [-0.15, -0.1) is 10.2 Å². The van der Waals surface area contributed by atoms with Crippen LogP contribution in [0, 0.1) is 19.8 Å². The van der Waals surface area contributed by atoms with E-state index in [1.54, 1.807) is 18.7 Å². The molecule has 0 spiro atoms. The third-order valence-corrected chi connectivity index (χ3v) is 5.59. The maximum atomic E-state index is 12.3. The minimum atomic E-state index is -0.610. The SMILES string of the molecule is Cc1ccc(C)c(O[C@@H](C)C(=O)Nc2nnc(SCC(C)C)s2)c1. The molecule has 1 amide bonds. The van der Waals surface area contributed by atoms with Gasteiger partial charge in [-0.1, -0.05) is 49.1 Å². The summed E-state index contributed by atoms with van der Waals surface area (Å²) in [7, 11) is 0. The van der Waals surface area contributed by atoms with Gasteiger partial charge in [-0.25, -0.2) is 0 Å². The Morgan fingerprint density at radius 3 is 2.75 bits per heavy atom. The molecule has 0 aliphatic carbocycles. The number of anilines is 1. The minimum Gasteiger partial charge on any atom is -0.481 e. The van der Waals surface area contributed by atoms with Gasteiger partial charge in [0.1, 0.15) is 5.75 Å². The molecule has 1 aromatic heterocycles. The molecule has 0 bridgehead atoms. The number of amides is 1. The van der Waals surface area contributed by atoms with Crippen LogP contribution in [0.2, 0.25) is 0 Å². The van der Waals surface area contributed by atoms with Crippen molar-refractivity contribution in [3.8, 4) is 5.75 Å². The Bertz CT molecular complexity index is 701. The molecule has 0 saturated carbocycles. The molecule has 1 heterocycles. The number of benzene rings is 1. The number of nitrogens with zero attached hydrogens (tertiary/aromatic N) is 2. The minimum absolute atomic E-state index is 0.229. The first-order valence-corrected chi connectivity index (χ1v) is 9.66. The van der Waals surface area contributed by atoms with E-state index in [9.17, 15) is 4.79 Å². The topological polar surface area (TPSA) is 64.1 Å². The lowest BCUT2D eigenvalue weighted by Gasteiger charge is -2.15. The van der Waals surface area contributed by atoms with Crippen molar-refractivity contribution in [3.63, 3.8) is 0 Å². The third-order valence-electron chi connectivity index (χ3n) is 3.19. The van der Waals surface area contributed by atoms with Crippen molar-refractivity contribution in [2.45, 2.75) is 45.1 Å². The Morgan fingerprint density at radius 2 is 2.04 bits per heavy atom. The van der Waals surface area contributed by atoms with Crippen molar-refractivity contribution in [1.29, 1.82) is 0 Å². The molecule has 0 radical (unpaired) electrons. The van der Waals surface area contributed by atoms with E-state index in [2.05, 4.69) is 29.4 Å². The number of carbonyl (C=O) groups excluding carboxylic acids is 1. The molecule has 0 saturated heterocycles. The van der Waals surface area contributed by atoms with Crippen molar-refractivity contribution in [2.24, 2.45) is 5.92 Å². The summed E-state index contributed by atoms with van der Waals surface area (Å²) in [5.74, 6) is 2.06. The summed E-state index contributed by atoms with van der Waals surface area (Å²) in [6, 6.07) is 5.94. The number of hydrogen-bond donors (Lipinski definition) is 1. The zero-order valence-electron chi connectivity index (χ0n) is 14.6. The summed E-state index contributed by atoms with van der Waals surface area (Å²) in [6.07, 6.45) is -0.610. The summed E-state index contributed by atoms with van der Waals surface area (Å²) < 4.78 is 6.65. The van der Waals surface area contributed by atoms with E-state index in [4.69, 9.17) is 4.74 Å². The first-order valence-electron chi connectivity index (χ1n) is 7.86. The number of carbonyl (C=O) groups is 1. The van der Waals surface area contributed by atoms with Gasteiger partial charge in [-0.3, -0.25) is 10.1 Å². The lowest BCUT2D eigenvalue weighted by Crippen LogP contribution is -2.30. The zero-order chi connectivity index (χ0) is 17.7. The van der Waals surface area contributed by atoms with Crippen LogP contribution < -0.4 is 10.1 Å². The quantitative estimate of drug-likeness (QED) is 0.585. The molecule has 0 fully saturated rings. The lowest BCUT2D eigenvalue weighted by atomic mass is 10.1. The monoisotopic (exact) mass is 365 g/mol. The fourth-order valence-electron chi connectivity index (χ4n) is 1.84. The standard InChI is InChI=1S/C17H23N3O2S2/c1-10(2)9-23-17-20-19-16(24-17)18-15(21)13(5)22-14-8-11(3)6-7-12(14)4/h6-8,10,13H,9H2,1-5H3,(H,18,19,21)/t13-/m0/s1. The maximum absolute atomic E-state index is 12.3. The van der Waals surface area contributed by atoms with Crippen LogP contribution in [0.25, 0.3) is 0 Å². The molecule has 1 atom stereocenters. The van der Waals surface area contributed by atoms with Crippen molar-refractivity contribution >= 4 is 34.1 Å². The smallest absolute Gasteiger partial charge is 0.266 e. The third kappa shape index (κ3) is 5.49. The number of rotatable bonds is 7. The Balaban J connectivity index is 1.93. The highest BCUT2D eigenvalue weighted by Crippen LogP contribution is 2.27. The van der Waals surface area contributed by atoms with E-state index in [0.717, 1.165) is 27.0 Å². The van der Waals surface area contributed by atoms with Crippen molar-refractivity contribution in [1.82, 2.24) is 10.2 Å². The maximum Gasteiger partial charge on any atom is 0.266 e. The average molecular weight is 366 g/mol. The molecule has 7 heteroatoms. The average Bonchev–Trinajstić information content (AvgIpc) is 2.96. The molecule has 5 nitrogen and oxygen atoms in total. The van der Waals surface area contributed by atoms with Crippen LogP contribution >= 0.6 is 23.1 Å². The van der Waals surface area contributed by atoms with Gasteiger partial charge in [0.2, 0.25) is 5.13 Å². The molecule has 0 aliphatic rings. The molecule has 130 valence electrons. The molecule has 0 aliphatic heterocycles. The second-order valence-electron chi connectivity index (χ2n) is 6.10. The fourth-order valence-corrected chi connectivity index (χ4v) is 3.57. The predicted molar refractivity (Wildman–Crippen MR) is 100 cm³/mol. The van der Waals surface area contributed by atoms with Crippen LogP contribution in [0.5, 0.6) is 5.75 Å². The Labute approximate surface area is 151 Å². The van der Waals surface area contributed by atoms with E-state index in [1.165, 1.54) is 11.3 Å². The highest BCUT2D eigenvalue weighted by molar-refractivity contribution is 8.01. The van der Waals surface area contributed by atoms with Crippen molar-refractivity contribution in [3.05, 3.63) is 29.3 Å². The first-order chi connectivity index (χ1) is 11.3. The summed E-state index contributed by atoms with van der Waals surface area (Å²) in [4.78, 5) is 12.3. The molecular weight excluding hydrogens is 342 g/mol. The van der Waals surface area contributed by atoms with Gasteiger partial charge in [-0.05, 0) is 43.9 Å². The summed E-state index contributed by atoms with van der Waals surface area (Å²) >= 11 is 3.04. The van der Waals surface area contributed by atoms with Gasteiger partial charge in [0, 0.05) is 5.75 Å². The van der Waals surface area contributed by atoms with Crippen LogP contribution in [-0.4, -0.2) is 28.0 Å². The van der Waals surface area contributed by atoms with E-state index in [1.807, 2.05) is 32.0 Å². The first kappa shape index (κ1) is 18.7. The predicted octanol–water partition coefficient (Wildman–Crippen LogP) is 4.31. The van der Waals surface area contributed by atoms with Gasteiger partial charge < -0.3 is 4.74 Å². The van der Waals surface area contributed by atoms with Crippen LogP contribution in [-0.2, 0) is 4.79 Å². The second kappa shape index (κ2) is 8.48. The number of hydrogen-bond acceptors (Lipinski definition) is 6. The summed E-state index contributed by atoms with van der Waals surface area (Å²) in [5.41, 5.74) is 2.10. The number of thioether (sulfide) groups is 1. The van der Waals surface area contributed by atoms with Crippen LogP contribution in [0.1, 0.15) is 31.9 Å². The number of ether oxygens (including phenoxy) is 1. The molecular formula is C17H23N3O2S2. The normalized spacial score (nSPS) is 12.2. The summed E-state index contributed by atoms with van der Waals surface area (Å²) in [5, 5.41) is 11.4. The van der Waals surface area contributed by atoms with Crippen LogP contribution in [0.3, 0.4) is 0 Å². The fraction of sp³-hybridized carbons (Fsp3) is 0.471. The van der Waals surface area contributed by atoms with Crippen LogP contribution in [0.15, 0.2) is 22.5 Å². The van der Waals surface area contributed by atoms with E-state index in [0.29, 0.717) is 11.0 Å². The molecule has 2 aromatic rings. The molecule has 1 aromatic carbocycles. The highest BCUT2D eigenvalue weighted by Gasteiger charge is 2.18. The molecule has 0 unspecified atom stereocenters. The van der Waals surface area contributed by atoms with Gasteiger partial charge in [0.25, 0.3) is 5.91 Å². The van der Waals surface area contributed by atoms with Crippen molar-refractivity contribution < 1.29 is 9.53 Å². The van der Waals surface area contributed by atoms with Gasteiger partial charge in [-0.2, -0.15) is 0 Å². The highest BCUT2D eigenvalue weighted by atomic mass is 32.2. The molecule has 24 heavy (non-hydrogen) atoms. The zero-order valence-corrected chi connectivity index (χ0v) is 16.3. The Morgan fingerprint density at radius 1 is 1.29 bits per heavy atom.